The number of hydrogen-bond donors (Lipinski definition) is 1. The van der Waals surface area contributed by atoms with Gasteiger partial charge in [-0.05, 0) is 37.5 Å². The van der Waals surface area contributed by atoms with E-state index >= 15 is 0 Å². The molecule has 0 saturated carbocycles. The number of para-hydroxylation sites is 1. The lowest BCUT2D eigenvalue weighted by atomic mass is 10.0. The topological polar surface area (TPSA) is 91.7 Å². The summed E-state index contributed by atoms with van der Waals surface area (Å²) in [4.78, 5) is 27.0. The van der Waals surface area contributed by atoms with Crippen LogP contribution >= 0.6 is 11.3 Å². The SMILES string of the molecule is CCCOc1ccccc1C=CC(=O)Nc1sc2c(c1C#N)CCN(C(=O)OCC)C2. The van der Waals surface area contributed by atoms with Gasteiger partial charge >= 0.3 is 6.09 Å². The van der Waals surface area contributed by atoms with Gasteiger partial charge in [0.25, 0.3) is 0 Å². The maximum Gasteiger partial charge on any atom is 0.410 e. The number of benzene rings is 1. The summed E-state index contributed by atoms with van der Waals surface area (Å²) in [5.74, 6) is 0.388. The Balaban J connectivity index is 1.72. The quantitative estimate of drug-likeness (QED) is 0.638. The summed E-state index contributed by atoms with van der Waals surface area (Å²) in [5.41, 5.74) is 2.17. The Morgan fingerprint density at radius 3 is 2.87 bits per heavy atom. The smallest absolute Gasteiger partial charge is 0.410 e. The zero-order chi connectivity index (χ0) is 22.2. The van der Waals surface area contributed by atoms with E-state index in [-0.39, 0.29) is 12.0 Å². The molecule has 0 radical (unpaired) electrons. The Labute approximate surface area is 185 Å². The number of nitriles is 1. The van der Waals surface area contributed by atoms with Gasteiger partial charge in [0, 0.05) is 23.1 Å². The number of amides is 2. The van der Waals surface area contributed by atoms with Gasteiger partial charge in [-0.25, -0.2) is 4.79 Å². The number of nitrogens with one attached hydrogen (secondary N) is 1. The van der Waals surface area contributed by atoms with E-state index in [1.54, 1.807) is 17.9 Å². The Kier molecular flexibility index (Phi) is 7.68. The van der Waals surface area contributed by atoms with Crippen molar-refractivity contribution in [2.75, 3.05) is 25.1 Å². The first kappa shape index (κ1) is 22.4. The number of fused-ring (bicyclic) bond motifs is 1. The summed E-state index contributed by atoms with van der Waals surface area (Å²) in [5, 5.41) is 12.9. The number of thiophene rings is 1. The van der Waals surface area contributed by atoms with Crippen LogP contribution in [0.1, 0.15) is 41.8 Å². The van der Waals surface area contributed by atoms with Crippen LogP contribution in [-0.4, -0.2) is 36.7 Å². The highest BCUT2D eigenvalue weighted by Crippen LogP contribution is 2.36. The van der Waals surface area contributed by atoms with Crippen molar-refractivity contribution in [3.05, 3.63) is 51.9 Å². The Morgan fingerprint density at radius 1 is 1.32 bits per heavy atom. The number of ether oxygens (including phenoxy) is 2. The van der Waals surface area contributed by atoms with Crippen LogP contribution in [0.4, 0.5) is 9.80 Å². The van der Waals surface area contributed by atoms with Crippen LogP contribution in [0.15, 0.2) is 30.3 Å². The zero-order valence-corrected chi connectivity index (χ0v) is 18.5. The number of nitrogens with zero attached hydrogens (tertiary/aromatic N) is 2. The van der Waals surface area contributed by atoms with Gasteiger partial charge in [0.1, 0.15) is 16.8 Å². The van der Waals surface area contributed by atoms with Crippen molar-refractivity contribution in [3.63, 3.8) is 0 Å². The van der Waals surface area contributed by atoms with Gasteiger partial charge < -0.3 is 19.7 Å². The van der Waals surface area contributed by atoms with Gasteiger partial charge in [0.05, 0.1) is 25.3 Å². The number of anilines is 1. The lowest BCUT2D eigenvalue weighted by Crippen LogP contribution is -2.35. The highest BCUT2D eigenvalue weighted by Gasteiger charge is 2.27. The van der Waals surface area contributed by atoms with E-state index in [1.807, 2.05) is 31.2 Å². The van der Waals surface area contributed by atoms with Crippen LogP contribution in [-0.2, 0) is 22.5 Å². The first-order valence-electron chi connectivity index (χ1n) is 10.2. The zero-order valence-electron chi connectivity index (χ0n) is 17.6. The molecule has 0 fully saturated rings. The molecule has 1 N–H and O–H groups in total. The minimum absolute atomic E-state index is 0.316. The van der Waals surface area contributed by atoms with Crippen LogP contribution in [0.25, 0.3) is 6.08 Å². The third kappa shape index (κ3) is 5.44. The van der Waals surface area contributed by atoms with Crippen LogP contribution in [0, 0.1) is 11.3 Å². The van der Waals surface area contributed by atoms with E-state index < -0.39 is 0 Å². The first-order valence-corrected chi connectivity index (χ1v) is 11.1. The Morgan fingerprint density at radius 2 is 2.13 bits per heavy atom. The molecule has 0 unspecified atom stereocenters. The molecule has 8 heteroatoms. The number of rotatable bonds is 7. The molecule has 162 valence electrons. The highest BCUT2D eigenvalue weighted by atomic mass is 32.1. The predicted octanol–water partition coefficient (Wildman–Crippen LogP) is 4.58. The molecule has 3 rings (SSSR count). The second kappa shape index (κ2) is 10.6. The fourth-order valence-electron chi connectivity index (χ4n) is 3.26. The minimum Gasteiger partial charge on any atom is -0.493 e. The summed E-state index contributed by atoms with van der Waals surface area (Å²) in [6.07, 6.45) is 4.21. The summed E-state index contributed by atoms with van der Waals surface area (Å²) in [7, 11) is 0. The maximum absolute atomic E-state index is 12.5. The number of hydrogen-bond acceptors (Lipinski definition) is 6. The summed E-state index contributed by atoms with van der Waals surface area (Å²) in [6.45, 7) is 5.58. The molecule has 31 heavy (non-hydrogen) atoms. The molecule has 1 aliphatic heterocycles. The lowest BCUT2D eigenvalue weighted by molar-refractivity contribution is -0.111. The molecule has 0 atom stereocenters. The van der Waals surface area contributed by atoms with E-state index in [1.165, 1.54) is 17.4 Å². The maximum atomic E-state index is 12.5. The third-order valence-corrected chi connectivity index (χ3v) is 5.86. The normalized spacial score (nSPS) is 12.9. The molecule has 2 aromatic rings. The molecular formula is C23H25N3O4S. The van der Waals surface area contributed by atoms with Crippen LogP contribution < -0.4 is 10.1 Å². The molecule has 0 spiro atoms. The highest BCUT2D eigenvalue weighted by molar-refractivity contribution is 7.16. The summed E-state index contributed by atoms with van der Waals surface area (Å²) >= 11 is 1.33. The average molecular weight is 440 g/mol. The summed E-state index contributed by atoms with van der Waals surface area (Å²) < 4.78 is 10.8. The minimum atomic E-state index is -0.363. The van der Waals surface area contributed by atoms with Gasteiger partial charge in [-0.15, -0.1) is 11.3 Å². The van der Waals surface area contributed by atoms with Crippen LogP contribution in [0.2, 0.25) is 0 Å². The van der Waals surface area contributed by atoms with Gasteiger partial charge in [0.15, 0.2) is 0 Å². The Hall–Kier alpha value is -3.31. The van der Waals surface area contributed by atoms with Crippen molar-refractivity contribution in [1.29, 1.82) is 5.26 Å². The molecule has 1 aromatic carbocycles. The van der Waals surface area contributed by atoms with Gasteiger partial charge in [-0.3, -0.25) is 4.79 Å². The molecule has 0 saturated heterocycles. The number of carbonyl (C=O) groups is 2. The molecular weight excluding hydrogens is 414 g/mol. The molecule has 0 bridgehead atoms. The van der Waals surface area contributed by atoms with E-state index in [0.717, 1.165) is 28.2 Å². The predicted molar refractivity (Wildman–Crippen MR) is 120 cm³/mol. The molecule has 1 aromatic heterocycles. The van der Waals surface area contributed by atoms with Gasteiger partial charge in [-0.1, -0.05) is 25.1 Å². The lowest BCUT2D eigenvalue weighted by Gasteiger charge is -2.25. The van der Waals surface area contributed by atoms with E-state index in [2.05, 4.69) is 11.4 Å². The van der Waals surface area contributed by atoms with Crippen molar-refractivity contribution in [1.82, 2.24) is 4.90 Å². The van der Waals surface area contributed by atoms with Crippen LogP contribution in [0.3, 0.4) is 0 Å². The Bertz CT molecular complexity index is 1020. The van der Waals surface area contributed by atoms with E-state index in [4.69, 9.17) is 9.47 Å². The second-order valence-corrected chi connectivity index (χ2v) is 8.00. The van der Waals surface area contributed by atoms with Crippen molar-refractivity contribution in [2.45, 2.75) is 33.2 Å². The first-order chi connectivity index (χ1) is 15.1. The molecule has 2 amide bonds. The van der Waals surface area contributed by atoms with Crippen molar-refractivity contribution >= 4 is 34.4 Å². The van der Waals surface area contributed by atoms with Crippen molar-refractivity contribution < 1.29 is 19.1 Å². The fourth-order valence-corrected chi connectivity index (χ4v) is 4.48. The second-order valence-electron chi connectivity index (χ2n) is 6.90. The van der Waals surface area contributed by atoms with Crippen molar-refractivity contribution in [3.8, 4) is 11.8 Å². The largest absolute Gasteiger partial charge is 0.493 e. The standard InChI is InChI=1S/C23H25N3O4S/c1-3-13-30-19-8-6-5-7-16(19)9-10-21(27)25-22-18(14-24)17-11-12-26(15-20(17)31-22)23(28)29-4-2/h5-10H,3-4,11-13,15H2,1-2H3,(H,25,27). The van der Waals surface area contributed by atoms with Crippen LogP contribution in [0.5, 0.6) is 5.75 Å². The number of carbonyl (C=O) groups excluding carboxylic acids is 2. The fraction of sp³-hybridized carbons (Fsp3) is 0.348. The third-order valence-electron chi connectivity index (χ3n) is 4.73. The van der Waals surface area contributed by atoms with E-state index in [0.29, 0.717) is 43.3 Å². The molecule has 2 heterocycles. The molecule has 1 aliphatic rings. The average Bonchev–Trinajstić information content (AvgIpc) is 3.12. The molecule has 0 aliphatic carbocycles. The van der Waals surface area contributed by atoms with E-state index in [9.17, 15) is 14.9 Å². The monoisotopic (exact) mass is 439 g/mol. The van der Waals surface area contributed by atoms with Gasteiger partial charge in [-0.2, -0.15) is 5.26 Å². The molecule has 7 nitrogen and oxygen atoms in total. The van der Waals surface area contributed by atoms with Crippen molar-refractivity contribution in [2.24, 2.45) is 0 Å². The summed E-state index contributed by atoms with van der Waals surface area (Å²) in [6, 6.07) is 9.71. The van der Waals surface area contributed by atoms with Gasteiger partial charge in [0.2, 0.25) is 5.91 Å².